The first-order chi connectivity index (χ1) is 19.8. The van der Waals surface area contributed by atoms with Crippen LogP contribution in [0.4, 0.5) is 5.95 Å². The van der Waals surface area contributed by atoms with E-state index in [9.17, 15) is 0 Å². The van der Waals surface area contributed by atoms with Crippen molar-refractivity contribution >= 4 is 17.5 Å². The summed E-state index contributed by atoms with van der Waals surface area (Å²) in [6.07, 6.45) is 11.3. The number of rotatable bonds is 7. The Bertz CT molecular complexity index is 1670. The molecule has 7 aromatic heterocycles. The molecule has 3 atom stereocenters. The number of hydrogen-bond acceptors (Lipinski definition) is 13. The van der Waals surface area contributed by atoms with Crippen LogP contribution in [0.2, 0.25) is 0 Å². The van der Waals surface area contributed by atoms with Crippen LogP contribution in [0.5, 0.6) is 0 Å². The van der Waals surface area contributed by atoms with Gasteiger partial charge in [0.2, 0.25) is 23.0 Å². The van der Waals surface area contributed by atoms with Gasteiger partial charge in [-0.05, 0) is 35.8 Å². The number of H-pyrrole nitrogens is 5. The maximum Gasteiger partial charge on any atom is 0.230 e. The minimum Gasteiger partial charge on any atom is -0.446 e. The fourth-order valence-corrected chi connectivity index (χ4v) is 6.42. The van der Waals surface area contributed by atoms with Crippen molar-refractivity contribution in [3.05, 3.63) is 108 Å². The summed E-state index contributed by atoms with van der Waals surface area (Å²) >= 11 is 1.25. The molecule has 17 nitrogen and oxygen atoms in total. The van der Waals surface area contributed by atoms with E-state index in [1.165, 1.54) is 17.8 Å². The van der Waals surface area contributed by atoms with Crippen molar-refractivity contribution in [2.24, 2.45) is 0 Å². The number of aromatic nitrogens is 14. The molecule has 1 fully saturated rings. The van der Waals surface area contributed by atoms with Crippen LogP contribution >= 0.6 is 11.5 Å². The molecule has 3 unspecified atom stereocenters. The highest BCUT2D eigenvalue weighted by Crippen LogP contribution is 2.69. The monoisotopic (exact) mass is 555 g/mol. The number of oxazole rings is 1. The number of aromatic amines is 5. The minimum atomic E-state index is -1.62. The number of nitrogens with zero attached hydrogens (tertiary/aromatic N) is 10. The van der Waals surface area contributed by atoms with E-state index in [4.69, 9.17) is 13.6 Å². The SMILES string of the molecule is c1c[nH]c(C2(c3cn[nH]n3)ON(c3ncc[nH]3)C(c3ccn[nH]3)(c3ncco3)C2(c2ccsn2)c2nn[nH]n2)c1. The van der Waals surface area contributed by atoms with Gasteiger partial charge in [0.1, 0.15) is 12.0 Å². The van der Waals surface area contributed by atoms with Gasteiger partial charge in [0.05, 0.1) is 29.5 Å². The molecule has 198 valence electrons. The van der Waals surface area contributed by atoms with Gasteiger partial charge in [0, 0.05) is 30.2 Å². The fraction of sp³-hybridized carbons (Fsp3) is 0.136. The zero-order chi connectivity index (χ0) is 26.6. The average Bonchev–Trinajstić information content (AvgIpc) is 3.85. The van der Waals surface area contributed by atoms with Gasteiger partial charge in [-0.3, -0.25) is 5.10 Å². The zero-order valence-corrected chi connectivity index (χ0v) is 20.9. The summed E-state index contributed by atoms with van der Waals surface area (Å²) in [6.45, 7) is 0. The Balaban J connectivity index is 1.67. The van der Waals surface area contributed by atoms with Crippen molar-refractivity contribution in [2.45, 2.75) is 16.6 Å². The molecule has 0 aliphatic carbocycles. The van der Waals surface area contributed by atoms with Crippen LogP contribution in [0.25, 0.3) is 0 Å². The highest BCUT2D eigenvalue weighted by Gasteiger charge is 2.84. The lowest BCUT2D eigenvalue weighted by Gasteiger charge is -2.45. The van der Waals surface area contributed by atoms with Gasteiger partial charge in [0.15, 0.2) is 11.2 Å². The van der Waals surface area contributed by atoms with Crippen LogP contribution in [0.1, 0.15) is 34.5 Å². The largest absolute Gasteiger partial charge is 0.446 e. The van der Waals surface area contributed by atoms with Crippen molar-refractivity contribution in [3.8, 4) is 0 Å². The van der Waals surface area contributed by atoms with Gasteiger partial charge in [-0.2, -0.15) is 35.2 Å². The molecule has 5 N–H and O–H groups in total. The van der Waals surface area contributed by atoms with E-state index >= 15 is 0 Å². The molecule has 0 amide bonds. The number of anilines is 1. The first-order valence-corrected chi connectivity index (χ1v) is 12.7. The summed E-state index contributed by atoms with van der Waals surface area (Å²) in [7, 11) is 0. The lowest BCUT2D eigenvalue weighted by molar-refractivity contribution is -0.0189. The van der Waals surface area contributed by atoms with Gasteiger partial charge < -0.3 is 14.4 Å². The van der Waals surface area contributed by atoms with Crippen LogP contribution in [-0.2, 0) is 21.4 Å². The second-order valence-electron chi connectivity index (χ2n) is 8.81. The molecule has 1 aliphatic rings. The van der Waals surface area contributed by atoms with E-state index in [-0.39, 0.29) is 11.7 Å². The molecular weight excluding hydrogens is 538 g/mol. The Morgan fingerprint density at radius 3 is 2.55 bits per heavy atom. The smallest absolute Gasteiger partial charge is 0.230 e. The van der Waals surface area contributed by atoms with E-state index < -0.39 is 16.6 Å². The molecule has 8 heterocycles. The Hall–Kier alpha value is -5.49. The standard InChI is InChI=1S/C22H17N15O2S/c1-2-15(23-5-1)22(16-12-28-34-30-16)20(13-4-11-40-33-13,17-31-35-36-32-17)21(14-3-6-27-29-14,18-24-9-10-38-18)37(39-22)19-25-7-8-26-19/h1-12,23H,(H,25,26)(H,27,29)(H,28,30,34)(H,31,32,35,36). The third kappa shape index (κ3) is 2.55. The average molecular weight is 556 g/mol. The maximum absolute atomic E-state index is 7.19. The van der Waals surface area contributed by atoms with Crippen molar-refractivity contribution < 1.29 is 9.25 Å². The first kappa shape index (κ1) is 22.5. The van der Waals surface area contributed by atoms with Crippen LogP contribution in [0, 0.1) is 0 Å². The van der Waals surface area contributed by atoms with Crippen molar-refractivity contribution in [2.75, 3.05) is 5.06 Å². The van der Waals surface area contributed by atoms with E-state index in [0.717, 1.165) is 0 Å². The zero-order valence-electron chi connectivity index (χ0n) is 20.1. The third-order valence-electron chi connectivity index (χ3n) is 7.17. The highest BCUT2D eigenvalue weighted by molar-refractivity contribution is 7.03. The number of nitrogens with one attached hydrogen (secondary N) is 5. The molecule has 40 heavy (non-hydrogen) atoms. The molecule has 0 aromatic carbocycles. The van der Waals surface area contributed by atoms with Gasteiger partial charge in [0.25, 0.3) is 0 Å². The molecule has 18 heteroatoms. The molecule has 1 saturated heterocycles. The lowest BCUT2D eigenvalue weighted by Crippen LogP contribution is -2.62. The molecule has 8 rings (SSSR count). The second kappa shape index (κ2) is 8.25. The van der Waals surface area contributed by atoms with E-state index in [2.05, 4.69) is 66.2 Å². The summed E-state index contributed by atoms with van der Waals surface area (Å²) < 4.78 is 11.0. The highest BCUT2D eigenvalue weighted by atomic mass is 32.1. The molecule has 0 saturated carbocycles. The van der Waals surface area contributed by atoms with E-state index in [1.54, 1.807) is 48.3 Å². The normalized spacial score (nSPS) is 24.6. The Morgan fingerprint density at radius 1 is 0.900 bits per heavy atom. The van der Waals surface area contributed by atoms with Crippen LogP contribution < -0.4 is 5.06 Å². The molecule has 0 radical (unpaired) electrons. The molecular formula is C22H17N15O2S. The summed E-state index contributed by atoms with van der Waals surface area (Å²) in [5.74, 6) is 0.702. The Kier molecular flexibility index (Phi) is 4.64. The van der Waals surface area contributed by atoms with Crippen molar-refractivity contribution in [1.82, 2.24) is 70.5 Å². The minimum absolute atomic E-state index is 0.192. The lowest BCUT2D eigenvalue weighted by atomic mass is 9.55. The van der Waals surface area contributed by atoms with Gasteiger partial charge in [-0.15, -0.1) is 10.2 Å². The molecule has 1 aliphatic heterocycles. The molecule has 0 bridgehead atoms. The summed E-state index contributed by atoms with van der Waals surface area (Å²) in [5, 5.41) is 38.0. The van der Waals surface area contributed by atoms with Crippen LogP contribution in [0.3, 0.4) is 0 Å². The van der Waals surface area contributed by atoms with Gasteiger partial charge >= 0.3 is 0 Å². The van der Waals surface area contributed by atoms with Crippen LogP contribution in [-0.4, -0.2) is 70.5 Å². The summed E-state index contributed by atoms with van der Waals surface area (Å²) in [5.41, 5.74) is -2.88. The first-order valence-electron chi connectivity index (χ1n) is 11.9. The van der Waals surface area contributed by atoms with E-state index in [0.29, 0.717) is 28.7 Å². The van der Waals surface area contributed by atoms with Gasteiger partial charge in [-0.1, -0.05) is 5.21 Å². The molecule has 7 aromatic rings. The third-order valence-corrected chi connectivity index (χ3v) is 7.73. The van der Waals surface area contributed by atoms with Gasteiger partial charge in [-0.25, -0.2) is 14.8 Å². The number of hydrogen-bond donors (Lipinski definition) is 5. The number of tetrazole rings is 1. The summed E-state index contributed by atoms with van der Waals surface area (Å²) in [4.78, 5) is 22.9. The fourth-order valence-electron chi connectivity index (χ4n) is 5.86. The second-order valence-corrected chi connectivity index (χ2v) is 9.47. The van der Waals surface area contributed by atoms with Crippen molar-refractivity contribution in [1.29, 1.82) is 0 Å². The number of hydroxylamine groups is 1. The topological polar surface area (TPSA) is 221 Å². The Labute approximate surface area is 226 Å². The predicted octanol–water partition coefficient (Wildman–Crippen LogP) is 1.16. The maximum atomic E-state index is 7.19. The predicted molar refractivity (Wildman–Crippen MR) is 133 cm³/mol. The number of imidazole rings is 1. The quantitative estimate of drug-likeness (QED) is 0.187. The van der Waals surface area contributed by atoms with Crippen LogP contribution in [0.15, 0.2) is 77.5 Å². The summed E-state index contributed by atoms with van der Waals surface area (Å²) in [6, 6.07) is 7.37. The van der Waals surface area contributed by atoms with E-state index in [1.807, 2.05) is 23.6 Å². The molecule has 0 spiro atoms. The Morgan fingerprint density at radius 2 is 1.90 bits per heavy atom. The van der Waals surface area contributed by atoms with Crippen molar-refractivity contribution in [3.63, 3.8) is 0 Å².